The number of carbonyl (C=O) groups is 2. The Morgan fingerprint density at radius 1 is 1.00 bits per heavy atom. The molecule has 36 heavy (non-hydrogen) atoms. The van der Waals surface area contributed by atoms with Gasteiger partial charge in [-0.15, -0.1) is 0 Å². The third-order valence-corrected chi connectivity index (χ3v) is 6.78. The number of para-hydroxylation sites is 1. The monoisotopic (exact) mass is 482 g/mol. The number of nitrogens with one attached hydrogen (secondary N) is 1. The molecule has 0 aliphatic heterocycles. The number of carbonyl (C=O) groups excluding carboxylic acids is 2. The number of ketones is 1. The highest BCUT2D eigenvalue weighted by molar-refractivity contribution is 6.00. The Labute approximate surface area is 210 Å². The van der Waals surface area contributed by atoms with Gasteiger partial charge in [0, 0.05) is 29.9 Å². The number of fused-ring (bicyclic) bond motifs is 2. The highest BCUT2D eigenvalue weighted by Gasteiger charge is 2.17. The molecule has 7 heteroatoms. The second-order valence-electron chi connectivity index (χ2n) is 9.40. The van der Waals surface area contributed by atoms with Crippen LogP contribution in [0.4, 0.5) is 5.82 Å². The molecule has 1 aliphatic carbocycles. The van der Waals surface area contributed by atoms with Gasteiger partial charge in [-0.25, -0.2) is 4.98 Å². The summed E-state index contributed by atoms with van der Waals surface area (Å²) in [6.45, 7) is 3.87. The molecular weight excluding hydrogens is 452 g/mol. The quantitative estimate of drug-likeness (QED) is 0.350. The summed E-state index contributed by atoms with van der Waals surface area (Å²) in [5.74, 6) is 1.52. The van der Waals surface area contributed by atoms with E-state index in [-0.39, 0.29) is 24.5 Å². The number of nitrogens with zero attached hydrogens (tertiary/aromatic N) is 3. The fourth-order valence-corrected chi connectivity index (χ4v) is 4.89. The van der Waals surface area contributed by atoms with Crippen molar-refractivity contribution in [2.45, 2.75) is 52.4 Å². The first kappa shape index (κ1) is 23.7. The van der Waals surface area contributed by atoms with Crippen molar-refractivity contribution >= 4 is 28.4 Å². The average molecular weight is 483 g/mol. The van der Waals surface area contributed by atoms with Gasteiger partial charge in [-0.3, -0.25) is 9.59 Å². The van der Waals surface area contributed by atoms with Crippen molar-refractivity contribution in [1.29, 1.82) is 0 Å². The Kier molecular flexibility index (Phi) is 6.55. The average Bonchev–Trinajstić information content (AvgIpc) is 3.26. The molecule has 0 spiro atoms. The molecule has 0 bridgehead atoms. The molecule has 0 radical (unpaired) electrons. The van der Waals surface area contributed by atoms with E-state index in [0.717, 1.165) is 35.0 Å². The van der Waals surface area contributed by atoms with E-state index in [1.165, 1.54) is 24.0 Å². The number of aromatic nitrogens is 3. The number of amides is 1. The third kappa shape index (κ3) is 4.73. The molecule has 0 saturated heterocycles. The van der Waals surface area contributed by atoms with Gasteiger partial charge < -0.3 is 10.1 Å². The molecule has 184 valence electrons. The molecule has 2 heterocycles. The van der Waals surface area contributed by atoms with E-state index in [2.05, 4.69) is 16.5 Å². The van der Waals surface area contributed by atoms with Crippen LogP contribution in [0.1, 0.15) is 58.4 Å². The topological polar surface area (TPSA) is 86.1 Å². The first-order valence-electron chi connectivity index (χ1n) is 12.4. The van der Waals surface area contributed by atoms with E-state index in [1.54, 1.807) is 17.9 Å². The van der Waals surface area contributed by atoms with E-state index < -0.39 is 0 Å². The van der Waals surface area contributed by atoms with E-state index in [1.807, 2.05) is 50.2 Å². The van der Waals surface area contributed by atoms with Gasteiger partial charge in [0.15, 0.2) is 11.6 Å². The summed E-state index contributed by atoms with van der Waals surface area (Å²) in [6, 6.07) is 15.5. The van der Waals surface area contributed by atoms with Crippen molar-refractivity contribution < 1.29 is 14.3 Å². The summed E-state index contributed by atoms with van der Waals surface area (Å²) in [7, 11) is 1.62. The first-order valence-corrected chi connectivity index (χ1v) is 12.4. The van der Waals surface area contributed by atoms with Crippen LogP contribution in [-0.2, 0) is 17.6 Å². The molecule has 0 atom stereocenters. The van der Waals surface area contributed by atoms with Crippen molar-refractivity contribution in [3.05, 3.63) is 76.5 Å². The van der Waals surface area contributed by atoms with Gasteiger partial charge in [-0.1, -0.05) is 24.3 Å². The van der Waals surface area contributed by atoms with Crippen LogP contribution in [0.15, 0.2) is 48.5 Å². The Hall–Kier alpha value is -4.00. The van der Waals surface area contributed by atoms with Gasteiger partial charge in [0.25, 0.3) is 0 Å². The number of benzene rings is 2. The van der Waals surface area contributed by atoms with Crippen molar-refractivity contribution in [2.75, 3.05) is 12.4 Å². The van der Waals surface area contributed by atoms with E-state index in [4.69, 9.17) is 9.72 Å². The summed E-state index contributed by atoms with van der Waals surface area (Å²) in [6.07, 6.45) is 4.73. The fourth-order valence-electron chi connectivity index (χ4n) is 4.89. The SMILES string of the molecule is COc1cccc2c(C)cc(-n3nc(C)cc3NC(=O)CCC(=O)c3ccc4c(c3)CCCC4)nc12. The van der Waals surface area contributed by atoms with Crippen LogP contribution in [-0.4, -0.2) is 33.6 Å². The van der Waals surface area contributed by atoms with Gasteiger partial charge in [-0.2, -0.15) is 9.78 Å². The molecular formula is C29H30N4O3. The second kappa shape index (κ2) is 9.93. The summed E-state index contributed by atoms with van der Waals surface area (Å²) >= 11 is 0. The maximum absolute atomic E-state index is 12.8. The maximum Gasteiger partial charge on any atom is 0.225 e. The van der Waals surface area contributed by atoms with Crippen LogP contribution in [0.3, 0.4) is 0 Å². The van der Waals surface area contributed by atoms with Crippen LogP contribution in [0, 0.1) is 13.8 Å². The first-order chi connectivity index (χ1) is 17.4. The van der Waals surface area contributed by atoms with Crippen LogP contribution < -0.4 is 10.1 Å². The molecule has 1 amide bonds. The van der Waals surface area contributed by atoms with E-state index in [0.29, 0.717) is 22.9 Å². The van der Waals surface area contributed by atoms with Crippen molar-refractivity contribution in [1.82, 2.24) is 14.8 Å². The number of hydrogen-bond donors (Lipinski definition) is 1. The number of pyridine rings is 1. The highest BCUT2D eigenvalue weighted by Crippen LogP contribution is 2.29. The molecule has 2 aromatic heterocycles. The lowest BCUT2D eigenvalue weighted by Gasteiger charge is -2.16. The largest absolute Gasteiger partial charge is 0.494 e. The molecule has 7 nitrogen and oxygen atoms in total. The van der Waals surface area contributed by atoms with E-state index in [9.17, 15) is 9.59 Å². The third-order valence-electron chi connectivity index (χ3n) is 6.78. The molecule has 2 aromatic carbocycles. The Morgan fingerprint density at radius 3 is 2.61 bits per heavy atom. The number of aryl methyl sites for hydroxylation is 4. The van der Waals surface area contributed by atoms with Crippen LogP contribution >= 0.6 is 0 Å². The molecule has 4 aromatic rings. The minimum Gasteiger partial charge on any atom is -0.494 e. The lowest BCUT2D eigenvalue weighted by Crippen LogP contribution is -2.17. The van der Waals surface area contributed by atoms with Crippen molar-refractivity contribution in [2.24, 2.45) is 0 Å². The summed E-state index contributed by atoms with van der Waals surface area (Å²) in [5, 5.41) is 8.47. The van der Waals surface area contributed by atoms with Gasteiger partial charge in [-0.05, 0) is 74.4 Å². The molecule has 1 aliphatic rings. The summed E-state index contributed by atoms with van der Waals surface area (Å²) < 4.78 is 7.12. The zero-order valence-electron chi connectivity index (χ0n) is 20.9. The Balaban J connectivity index is 1.32. The van der Waals surface area contributed by atoms with E-state index >= 15 is 0 Å². The summed E-state index contributed by atoms with van der Waals surface area (Å²) in [5.41, 5.74) is 5.80. The lowest BCUT2D eigenvalue weighted by molar-refractivity contribution is -0.116. The minimum absolute atomic E-state index is 0.0119. The molecule has 5 rings (SSSR count). The fraction of sp³-hybridized carbons (Fsp3) is 0.310. The second-order valence-corrected chi connectivity index (χ2v) is 9.40. The van der Waals surface area contributed by atoms with Crippen molar-refractivity contribution in [3.63, 3.8) is 0 Å². The zero-order chi connectivity index (χ0) is 25.2. The molecule has 0 saturated carbocycles. The Morgan fingerprint density at radius 2 is 1.81 bits per heavy atom. The molecule has 0 fully saturated rings. The maximum atomic E-state index is 12.8. The number of anilines is 1. The predicted octanol–water partition coefficient (Wildman–Crippen LogP) is 5.53. The van der Waals surface area contributed by atoms with Gasteiger partial charge in [0.05, 0.1) is 12.8 Å². The predicted molar refractivity (Wildman–Crippen MR) is 140 cm³/mol. The Bertz CT molecular complexity index is 1470. The zero-order valence-corrected chi connectivity index (χ0v) is 20.9. The van der Waals surface area contributed by atoms with Gasteiger partial charge in [0.2, 0.25) is 5.91 Å². The molecule has 0 unspecified atom stereocenters. The highest BCUT2D eigenvalue weighted by atomic mass is 16.5. The number of rotatable bonds is 7. The number of hydrogen-bond acceptors (Lipinski definition) is 5. The van der Waals surface area contributed by atoms with Gasteiger partial charge >= 0.3 is 0 Å². The van der Waals surface area contributed by atoms with Gasteiger partial charge in [0.1, 0.15) is 17.1 Å². The lowest BCUT2D eigenvalue weighted by atomic mass is 9.89. The van der Waals surface area contributed by atoms with Crippen LogP contribution in [0.2, 0.25) is 0 Å². The normalized spacial score (nSPS) is 12.9. The number of Topliss-reactive ketones (excluding diaryl/α,β-unsaturated/α-hetero) is 1. The smallest absolute Gasteiger partial charge is 0.225 e. The number of methoxy groups -OCH3 is 1. The summed E-state index contributed by atoms with van der Waals surface area (Å²) in [4.78, 5) is 30.4. The van der Waals surface area contributed by atoms with Crippen LogP contribution in [0.5, 0.6) is 5.75 Å². The van der Waals surface area contributed by atoms with Crippen molar-refractivity contribution in [3.8, 4) is 11.6 Å². The number of ether oxygens (including phenoxy) is 1. The standard InChI is InChI=1S/C29H30N4O3/c1-18-15-26(31-29-23(18)9-6-10-25(29)36-3)33-27(16-19(2)32-33)30-28(35)14-13-24(34)22-12-11-20-7-4-5-8-21(20)17-22/h6,9-12,15-17H,4-5,7-8,13-14H2,1-3H3,(H,30,35). The van der Waals surface area contributed by atoms with Crippen LogP contribution in [0.25, 0.3) is 16.7 Å². The molecule has 1 N–H and O–H groups in total. The minimum atomic E-state index is -0.238.